The van der Waals surface area contributed by atoms with Crippen molar-refractivity contribution < 1.29 is 0 Å². The molecule has 0 atom stereocenters. The Morgan fingerprint density at radius 3 is 2.32 bits per heavy atom. The normalized spacial score (nSPS) is 15.8. The molecule has 138 valence electrons. The Labute approximate surface area is 168 Å². The molecule has 0 unspecified atom stereocenters. The molecular weight excluding hydrogens is 339 g/mol. The third kappa shape index (κ3) is 2.86. The Balaban J connectivity index is 1.97. The van der Waals surface area contributed by atoms with Gasteiger partial charge in [-0.3, -0.25) is 4.99 Å². The lowest BCUT2D eigenvalue weighted by atomic mass is 10.0. The molecule has 0 saturated carbocycles. The number of benzene rings is 2. The fraction of sp³-hybridized carbons (Fsp3) is 0.240. The molecule has 0 N–H and O–H groups in total. The molecular formula is C25H25BN2. The van der Waals surface area contributed by atoms with Gasteiger partial charge in [0.15, 0.2) is 0 Å². The zero-order valence-electron chi connectivity index (χ0n) is 17.3. The summed E-state index contributed by atoms with van der Waals surface area (Å²) in [5.41, 5.74) is 10.4. The van der Waals surface area contributed by atoms with Crippen molar-refractivity contribution in [3.8, 4) is 11.3 Å². The first-order chi connectivity index (χ1) is 13.4. The summed E-state index contributed by atoms with van der Waals surface area (Å²) in [5.74, 6) is 0. The van der Waals surface area contributed by atoms with Crippen LogP contribution in [0.5, 0.6) is 0 Å². The number of nitrogens with zero attached hydrogens (tertiary/aromatic N) is 2. The maximum atomic E-state index is 6.67. The molecule has 28 heavy (non-hydrogen) atoms. The zero-order valence-corrected chi connectivity index (χ0v) is 17.3. The maximum absolute atomic E-state index is 6.67. The number of hydrogen-bond acceptors (Lipinski definition) is 1. The van der Waals surface area contributed by atoms with Crippen LogP contribution in [0.3, 0.4) is 0 Å². The van der Waals surface area contributed by atoms with Gasteiger partial charge in [0.1, 0.15) is 0 Å². The lowest BCUT2D eigenvalue weighted by Gasteiger charge is -2.10. The van der Waals surface area contributed by atoms with E-state index in [4.69, 9.17) is 13.0 Å². The standard InChI is InChI=1S/C25H25BN2/c1-6-20-17(4)23(27-18(20)5)14-24-21-9-7-8-10-22(21)25(28(24)26)19-12-11-15(2)16(3)13-19/h7-14H,6H2,1-5H3/b23-14-. The first-order valence-corrected chi connectivity index (χ1v) is 9.86. The van der Waals surface area contributed by atoms with E-state index in [1.807, 2.05) is 4.48 Å². The summed E-state index contributed by atoms with van der Waals surface area (Å²) in [4.78, 5) is 4.81. The molecule has 4 rings (SSSR count). The number of aromatic nitrogens is 1. The van der Waals surface area contributed by atoms with E-state index in [-0.39, 0.29) is 0 Å². The van der Waals surface area contributed by atoms with E-state index in [0.29, 0.717) is 0 Å². The van der Waals surface area contributed by atoms with Gasteiger partial charge in [-0.25, -0.2) is 0 Å². The third-order valence-electron chi connectivity index (χ3n) is 5.93. The predicted octanol–water partition coefficient (Wildman–Crippen LogP) is 6.40. The highest BCUT2D eigenvalue weighted by atomic mass is 14.9. The minimum atomic E-state index is 0.993. The maximum Gasteiger partial charge on any atom is 0.234 e. The van der Waals surface area contributed by atoms with Crippen molar-refractivity contribution in [2.45, 2.75) is 41.0 Å². The smallest absolute Gasteiger partial charge is 0.234 e. The second-order valence-corrected chi connectivity index (χ2v) is 7.63. The topological polar surface area (TPSA) is 17.3 Å². The van der Waals surface area contributed by atoms with Gasteiger partial charge < -0.3 is 4.48 Å². The lowest BCUT2D eigenvalue weighted by Crippen LogP contribution is -1.98. The van der Waals surface area contributed by atoms with E-state index in [1.165, 1.54) is 22.3 Å². The molecule has 3 aromatic rings. The van der Waals surface area contributed by atoms with Crippen LogP contribution in [0.25, 0.3) is 28.1 Å². The second-order valence-electron chi connectivity index (χ2n) is 7.63. The van der Waals surface area contributed by atoms with Crippen molar-refractivity contribution in [1.29, 1.82) is 0 Å². The molecule has 1 aromatic heterocycles. The molecule has 2 heterocycles. The van der Waals surface area contributed by atoms with E-state index in [0.717, 1.165) is 45.6 Å². The van der Waals surface area contributed by atoms with E-state index in [1.54, 1.807) is 0 Å². The van der Waals surface area contributed by atoms with Crippen molar-refractivity contribution in [1.82, 2.24) is 4.48 Å². The van der Waals surface area contributed by atoms with E-state index in [9.17, 15) is 0 Å². The van der Waals surface area contributed by atoms with Gasteiger partial charge >= 0.3 is 0 Å². The number of hydrogen-bond donors (Lipinski definition) is 0. The average Bonchev–Trinajstić information content (AvgIpc) is 3.11. The molecule has 1 aliphatic heterocycles. The van der Waals surface area contributed by atoms with Crippen LogP contribution in [0.15, 0.2) is 64.3 Å². The average molecular weight is 364 g/mol. The minimum absolute atomic E-state index is 0.993. The summed E-state index contributed by atoms with van der Waals surface area (Å²) in [6.07, 6.45) is 3.13. The van der Waals surface area contributed by atoms with Crippen molar-refractivity contribution >= 4 is 30.5 Å². The first-order valence-electron chi connectivity index (χ1n) is 9.86. The zero-order chi connectivity index (χ0) is 20.0. The molecule has 0 saturated heterocycles. The Kier molecular flexibility index (Phi) is 4.62. The molecule has 2 nitrogen and oxygen atoms in total. The summed E-state index contributed by atoms with van der Waals surface area (Å²) in [6.45, 7) is 10.7. The van der Waals surface area contributed by atoms with Gasteiger partial charge in [0, 0.05) is 27.9 Å². The van der Waals surface area contributed by atoms with Gasteiger partial charge in [-0.05, 0) is 74.1 Å². The summed E-state index contributed by atoms with van der Waals surface area (Å²) in [6, 6.07) is 15.0. The summed E-state index contributed by atoms with van der Waals surface area (Å²) in [7, 11) is 6.67. The first kappa shape index (κ1) is 18.6. The van der Waals surface area contributed by atoms with Crippen LogP contribution in [-0.2, 0) is 0 Å². The summed E-state index contributed by atoms with van der Waals surface area (Å²) in [5, 5.41) is 2.31. The van der Waals surface area contributed by atoms with Crippen LogP contribution >= 0.6 is 0 Å². The van der Waals surface area contributed by atoms with E-state index >= 15 is 0 Å². The van der Waals surface area contributed by atoms with Crippen LogP contribution in [0.2, 0.25) is 0 Å². The van der Waals surface area contributed by atoms with Crippen molar-refractivity contribution in [3.63, 3.8) is 0 Å². The van der Waals surface area contributed by atoms with Gasteiger partial charge in [0.25, 0.3) is 0 Å². The molecule has 0 aliphatic carbocycles. The quantitative estimate of drug-likeness (QED) is 0.479. The molecule has 0 amide bonds. The molecule has 0 bridgehead atoms. The van der Waals surface area contributed by atoms with Gasteiger partial charge in [0.05, 0.1) is 5.70 Å². The fourth-order valence-corrected chi connectivity index (χ4v) is 4.17. The SMILES string of the molecule is [B]n1c(/C=C2\N=C(C)C(CC)=C2C)c2ccccc2c1-c1ccc(C)c(C)c1. The molecule has 1 aliphatic rings. The predicted molar refractivity (Wildman–Crippen MR) is 122 cm³/mol. The Morgan fingerprint density at radius 2 is 1.68 bits per heavy atom. The Morgan fingerprint density at radius 1 is 0.964 bits per heavy atom. The summed E-state index contributed by atoms with van der Waals surface area (Å²) < 4.78 is 1.82. The van der Waals surface area contributed by atoms with Crippen molar-refractivity contribution in [3.05, 3.63) is 76.1 Å². The van der Waals surface area contributed by atoms with Gasteiger partial charge in [-0.2, -0.15) is 0 Å². The number of aryl methyl sites for hydroxylation is 2. The minimum Gasteiger partial charge on any atom is -0.396 e. The number of aliphatic imine (C=N–C) groups is 1. The van der Waals surface area contributed by atoms with Crippen LogP contribution in [0, 0.1) is 13.8 Å². The van der Waals surface area contributed by atoms with Crippen molar-refractivity contribution in [2.75, 3.05) is 0 Å². The molecule has 2 radical (unpaired) electrons. The third-order valence-corrected chi connectivity index (χ3v) is 5.93. The van der Waals surface area contributed by atoms with Crippen LogP contribution in [0.4, 0.5) is 0 Å². The molecule has 3 heteroatoms. The van der Waals surface area contributed by atoms with Gasteiger partial charge in [-0.1, -0.05) is 43.3 Å². The number of rotatable bonds is 3. The molecule has 0 spiro atoms. The number of fused-ring (bicyclic) bond motifs is 1. The van der Waals surface area contributed by atoms with Crippen LogP contribution in [0.1, 0.15) is 44.0 Å². The Bertz CT molecular complexity index is 1190. The van der Waals surface area contributed by atoms with Gasteiger partial charge in [-0.15, -0.1) is 0 Å². The van der Waals surface area contributed by atoms with Gasteiger partial charge in [0.2, 0.25) is 7.98 Å². The molecule has 2 aromatic carbocycles. The van der Waals surface area contributed by atoms with Crippen LogP contribution < -0.4 is 0 Å². The largest absolute Gasteiger partial charge is 0.396 e. The summed E-state index contributed by atoms with van der Waals surface area (Å²) >= 11 is 0. The highest BCUT2D eigenvalue weighted by Gasteiger charge is 2.19. The fourth-order valence-electron chi connectivity index (χ4n) is 4.17. The lowest BCUT2D eigenvalue weighted by molar-refractivity contribution is 1.15. The Hall–Kier alpha value is -2.81. The van der Waals surface area contributed by atoms with Crippen LogP contribution in [-0.4, -0.2) is 18.2 Å². The number of allylic oxidation sites excluding steroid dienone is 2. The van der Waals surface area contributed by atoms with Crippen molar-refractivity contribution in [2.24, 2.45) is 4.99 Å². The molecule has 0 fully saturated rings. The highest BCUT2D eigenvalue weighted by Crippen LogP contribution is 2.36. The van der Waals surface area contributed by atoms with E-state index < -0.39 is 0 Å². The monoisotopic (exact) mass is 364 g/mol. The highest BCUT2D eigenvalue weighted by molar-refractivity contribution is 6.17. The van der Waals surface area contributed by atoms with E-state index in [2.05, 4.69) is 83.2 Å². The second kappa shape index (κ2) is 6.98.